The van der Waals surface area contributed by atoms with Crippen molar-refractivity contribution in [2.75, 3.05) is 24.9 Å². The highest BCUT2D eigenvalue weighted by atomic mass is 32.2. The molecule has 0 atom stereocenters. The van der Waals surface area contributed by atoms with Crippen LogP contribution in [0.5, 0.6) is 11.5 Å². The van der Waals surface area contributed by atoms with Crippen LogP contribution in [0.4, 0.5) is 5.69 Å². The fourth-order valence-corrected chi connectivity index (χ4v) is 5.56. The molecule has 0 bridgehead atoms. The van der Waals surface area contributed by atoms with Crippen molar-refractivity contribution in [3.63, 3.8) is 0 Å². The Labute approximate surface area is 240 Å². The molecule has 0 unspecified atom stereocenters. The molecule has 0 aromatic heterocycles. The van der Waals surface area contributed by atoms with E-state index in [-0.39, 0.29) is 5.91 Å². The number of carbonyl (C=O) groups excluding carboxylic acids is 1. The molecule has 1 aliphatic rings. The van der Waals surface area contributed by atoms with E-state index in [2.05, 4.69) is 30.3 Å². The van der Waals surface area contributed by atoms with E-state index >= 15 is 0 Å². The lowest BCUT2D eigenvalue weighted by Gasteiger charge is -2.15. The van der Waals surface area contributed by atoms with Crippen molar-refractivity contribution in [2.24, 2.45) is 0 Å². The molecule has 5 nitrogen and oxygen atoms in total. The maximum Gasteiger partial charge on any atom is 0.255 e. The monoisotopic (exact) mass is 552 g/mol. The Bertz CT molecular complexity index is 1020. The van der Waals surface area contributed by atoms with Crippen molar-refractivity contribution in [1.82, 2.24) is 4.90 Å². The second kappa shape index (κ2) is 17.9. The van der Waals surface area contributed by atoms with Crippen LogP contribution in [0.3, 0.4) is 0 Å². The van der Waals surface area contributed by atoms with Crippen LogP contribution in [0.25, 0.3) is 0 Å². The van der Waals surface area contributed by atoms with E-state index in [4.69, 9.17) is 9.47 Å². The Balaban J connectivity index is 1.36. The van der Waals surface area contributed by atoms with Gasteiger partial charge in [0, 0.05) is 30.1 Å². The second-order valence-corrected chi connectivity index (χ2v) is 11.7. The minimum Gasteiger partial charge on any atom is -0.493 e. The Morgan fingerprint density at radius 1 is 0.872 bits per heavy atom. The molecule has 39 heavy (non-hydrogen) atoms. The molecule has 0 saturated carbocycles. The molecule has 1 amide bonds. The molecule has 2 aromatic carbocycles. The number of methoxy groups -OCH3 is 1. The second-order valence-electron chi connectivity index (χ2n) is 10.5. The summed E-state index contributed by atoms with van der Waals surface area (Å²) in [6.07, 6.45) is 18.0. The number of nitrogens with one attached hydrogen (secondary N) is 1. The Morgan fingerprint density at radius 3 is 2.10 bits per heavy atom. The molecule has 6 heteroatoms. The van der Waals surface area contributed by atoms with E-state index in [1.54, 1.807) is 7.11 Å². The summed E-state index contributed by atoms with van der Waals surface area (Å²) in [4.78, 5) is 16.5. The third-order valence-electron chi connectivity index (χ3n) is 7.10. The number of benzene rings is 2. The molecule has 0 saturated heterocycles. The number of thioether (sulfide) groups is 1. The van der Waals surface area contributed by atoms with Crippen LogP contribution in [-0.4, -0.2) is 30.4 Å². The summed E-state index contributed by atoms with van der Waals surface area (Å²) in [5, 5.41) is 3.00. The number of anilines is 1. The first-order valence-corrected chi connectivity index (χ1v) is 15.8. The molecule has 3 rings (SSSR count). The quantitative estimate of drug-likeness (QED) is 0.176. The zero-order valence-electron chi connectivity index (χ0n) is 24.3. The molecule has 1 heterocycles. The predicted molar refractivity (Wildman–Crippen MR) is 166 cm³/mol. The molecule has 1 N–H and O–H groups in total. The van der Waals surface area contributed by atoms with E-state index in [1.165, 1.54) is 81.1 Å². The molecule has 0 spiro atoms. The van der Waals surface area contributed by atoms with Gasteiger partial charge in [0.2, 0.25) is 0 Å². The summed E-state index contributed by atoms with van der Waals surface area (Å²) < 4.78 is 11.5. The van der Waals surface area contributed by atoms with Gasteiger partial charge in [-0.1, -0.05) is 89.7 Å². The number of ether oxygens (including phenoxy) is 2. The van der Waals surface area contributed by atoms with Crippen molar-refractivity contribution in [3.8, 4) is 11.5 Å². The first kappa shape index (κ1) is 30.9. The topological polar surface area (TPSA) is 50.8 Å². The first-order valence-electron chi connectivity index (χ1n) is 14.9. The van der Waals surface area contributed by atoms with Gasteiger partial charge in [-0.3, -0.25) is 4.79 Å². The fourth-order valence-electron chi connectivity index (χ4n) is 4.80. The predicted octanol–water partition coefficient (Wildman–Crippen LogP) is 9.39. The molecule has 2 aromatic rings. The van der Waals surface area contributed by atoms with Crippen molar-refractivity contribution in [2.45, 2.75) is 97.4 Å². The summed E-state index contributed by atoms with van der Waals surface area (Å²) in [5.74, 6) is 2.20. The van der Waals surface area contributed by atoms with Crippen molar-refractivity contribution >= 4 is 23.4 Å². The van der Waals surface area contributed by atoms with Gasteiger partial charge in [0.15, 0.2) is 11.5 Å². The van der Waals surface area contributed by atoms with Gasteiger partial charge in [-0.05, 0) is 48.1 Å². The van der Waals surface area contributed by atoms with E-state index in [0.717, 1.165) is 18.8 Å². The number of nitrogens with zero attached hydrogens (tertiary/aromatic N) is 1. The number of allylic oxidation sites excluding steroid dienone is 1. The largest absolute Gasteiger partial charge is 0.493 e. The van der Waals surface area contributed by atoms with Gasteiger partial charge in [0.25, 0.3) is 5.91 Å². The highest BCUT2D eigenvalue weighted by Crippen LogP contribution is 2.31. The maximum absolute atomic E-state index is 12.9. The van der Waals surface area contributed by atoms with Crippen LogP contribution in [0, 0.1) is 0 Å². The lowest BCUT2D eigenvalue weighted by atomic mass is 10.1. The third-order valence-corrected chi connectivity index (χ3v) is 8.12. The van der Waals surface area contributed by atoms with Gasteiger partial charge in [-0.2, -0.15) is 0 Å². The number of amides is 1. The smallest absolute Gasteiger partial charge is 0.255 e. The maximum atomic E-state index is 12.9. The van der Waals surface area contributed by atoms with Gasteiger partial charge < -0.3 is 19.7 Å². The molecule has 214 valence electrons. The number of hydrogen-bond acceptors (Lipinski definition) is 5. The van der Waals surface area contributed by atoms with Gasteiger partial charge >= 0.3 is 0 Å². The first-order chi connectivity index (χ1) is 19.1. The highest BCUT2D eigenvalue weighted by Gasteiger charge is 2.12. The third kappa shape index (κ3) is 11.6. The molecule has 0 aliphatic carbocycles. The number of carbonyl (C=O) groups is 1. The lowest BCUT2D eigenvalue weighted by molar-refractivity contribution is 0.102. The average molecular weight is 553 g/mol. The number of hydrogen-bond donors (Lipinski definition) is 1. The molecule has 1 aliphatic heterocycles. The van der Waals surface area contributed by atoms with Crippen LogP contribution < -0.4 is 14.8 Å². The van der Waals surface area contributed by atoms with Crippen molar-refractivity contribution < 1.29 is 14.3 Å². The highest BCUT2D eigenvalue weighted by molar-refractivity contribution is 8.03. The Hall–Kier alpha value is -2.60. The van der Waals surface area contributed by atoms with Gasteiger partial charge in [-0.25, -0.2) is 0 Å². The fraction of sp³-hybridized carbons (Fsp3) is 0.545. The molecule has 0 radical (unpaired) electrons. The van der Waals surface area contributed by atoms with Crippen LogP contribution in [0.1, 0.15) is 107 Å². The zero-order chi connectivity index (χ0) is 27.7. The zero-order valence-corrected chi connectivity index (χ0v) is 25.1. The summed E-state index contributed by atoms with van der Waals surface area (Å²) in [5.41, 5.74) is 2.52. The molecule has 0 fully saturated rings. The van der Waals surface area contributed by atoms with E-state index in [9.17, 15) is 4.79 Å². The standard InChI is InChI=1S/C33H48N2O3S/c1-4-5-6-7-8-9-10-11-12-13-14-15-22-38-32-23-30(20-21-31(32)37-3)34-33(36)29-18-16-28(17-19-29)25-35-24-27(2)39-26-35/h16-21,23-24H,4-15,22,25-26H2,1-3H3,(H,34,36). The van der Waals surface area contributed by atoms with Crippen LogP contribution in [0.15, 0.2) is 53.6 Å². The normalized spacial score (nSPS) is 12.9. The average Bonchev–Trinajstić information content (AvgIpc) is 3.36. The van der Waals surface area contributed by atoms with Crippen LogP contribution in [0.2, 0.25) is 0 Å². The van der Waals surface area contributed by atoms with Gasteiger partial charge in [-0.15, -0.1) is 11.8 Å². The lowest BCUT2D eigenvalue weighted by Crippen LogP contribution is -2.14. The number of unbranched alkanes of at least 4 members (excludes halogenated alkanes) is 11. The van der Waals surface area contributed by atoms with Crippen LogP contribution >= 0.6 is 11.8 Å². The summed E-state index contributed by atoms with van der Waals surface area (Å²) in [7, 11) is 1.64. The van der Waals surface area contributed by atoms with E-state index < -0.39 is 0 Å². The summed E-state index contributed by atoms with van der Waals surface area (Å²) >= 11 is 1.85. The Morgan fingerprint density at radius 2 is 1.51 bits per heavy atom. The van der Waals surface area contributed by atoms with Gasteiger partial charge in [0.1, 0.15) is 0 Å². The SMILES string of the molecule is CCCCCCCCCCCCCCOc1cc(NC(=O)c2ccc(CN3C=C(C)SC3)cc2)ccc1OC. The van der Waals surface area contributed by atoms with Crippen molar-refractivity contribution in [3.05, 3.63) is 64.7 Å². The summed E-state index contributed by atoms with van der Waals surface area (Å²) in [6.45, 7) is 5.91. The Kier molecular flexibility index (Phi) is 14.2. The molecular weight excluding hydrogens is 504 g/mol. The minimum atomic E-state index is -0.133. The van der Waals surface area contributed by atoms with Gasteiger partial charge in [0.05, 0.1) is 19.6 Å². The minimum absolute atomic E-state index is 0.133. The molecular formula is C33H48N2O3S. The van der Waals surface area contributed by atoms with E-state index in [0.29, 0.717) is 29.4 Å². The number of rotatable bonds is 19. The van der Waals surface area contributed by atoms with Crippen molar-refractivity contribution in [1.29, 1.82) is 0 Å². The summed E-state index contributed by atoms with van der Waals surface area (Å²) in [6, 6.07) is 13.4. The van der Waals surface area contributed by atoms with Crippen LogP contribution in [-0.2, 0) is 6.54 Å². The van der Waals surface area contributed by atoms with E-state index in [1.807, 2.05) is 54.2 Å².